The molecule has 0 aliphatic heterocycles. The molecule has 0 aliphatic carbocycles. The summed E-state index contributed by atoms with van der Waals surface area (Å²) in [7, 11) is 0. The van der Waals surface area contributed by atoms with Crippen LogP contribution in [0.3, 0.4) is 0 Å². The molecule has 1 aromatic carbocycles. The van der Waals surface area contributed by atoms with Crippen LogP contribution in [-0.4, -0.2) is 9.91 Å². The largest absolute Gasteiger partial charge is 0.454 e. The van der Waals surface area contributed by atoms with Gasteiger partial charge in [0.05, 0.1) is 15.6 Å². The molecule has 0 atom stereocenters. The monoisotopic (exact) mass is 303 g/mol. The lowest BCUT2D eigenvalue weighted by Gasteiger charge is -2.11. The number of aryl methyl sites for hydroxylation is 2. The molecule has 0 amide bonds. The summed E-state index contributed by atoms with van der Waals surface area (Å²) >= 11 is 5.97. The van der Waals surface area contributed by atoms with Gasteiger partial charge in [-0.05, 0) is 19.9 Å². The van der Waals surface area contributed by atoms with E-state index < -0.39 is 4.92 Å². The number of benzene rings is 1. The van der Waals surface area contributed by atoms with Crippen molar-refractivity contribution in [3.8, 4) is 17.6 Å². The van der Waals surface area contributed by atoms with Crippen LogP contribution in [0.2, 0.25) is 5.02 Å². The second-order valence-electron chi connectivity index (χ2n) is 4.31. The number of aromatic nitrogens is 1. The third-order valence-electron chi connectivity index (χ3n) is 2.75. The first-order chi connectivity index (χ1) is 9.92. The Kier molecular flexibility index (Phi) is 4.05. The molecule has 0 unspecified atom stereocenters. The molecule has 1 aromatic heterocycles. The topological polar surface area (TPSA) is 89.0 Å². The van der Waals surface area contributed by atoms with Crippen molar-refractivity contribution in [1.82, 2.24) is 4.98 Å². The molecule has 0 N–H and O–H groups in total. The zero-order chi connectivity index (χ0) is 15.6. The van der Waals surface area contributed by atoms with Crippen LogP contribution in [0.1, 0.15) is 17.0 Å². The SMILES string of the molecule is Cc1cc(Oc2ccc([N+](=O)[O-])cc2Cl)c(C#N)c(C)n1. The molecule has 21 heavy (non-hydrogen) atoms. The fraction of sp³-hybridized carbons (Fsp3) is 0.143. The first-order valence-corrected chi connectivity index (χ1v) is 6.30. The predicted molar refractivity (Wildman–Crippen MR) is 76.6 cm³/mol. The smallest absolute Gasteiger partial charge is 0.271 e. The summed E-state index contributed by atoms with van der Waals surface area (Å²) in [6.07, 6.45) is 0. The summed E-state index contributed by atoms with van der Waals surface area (Å²) in [6, 6.07) is 7.52. The number of hydrogen-bond donors (Lipinski definition) is 0. The molecule has 0 fully saturated rings. The molecular formula is C14H10ClN3O3. The van der Waals surface area contributed by atoms with Gasteiger partial charge in [0, 0.05) is 23.9 Å². The van der Waals surface area contributed by atoms with Crippen molar-refractivity contribution >= 4 is 17.3 Å². The number of halogens is 1. The van der Waals surface area contributed by atoms with Crippen molar-refractivity contribution in [2.45, 2.75) is 13.8 Å². The summed E-state index contributed by atoms with van der Waals surface area (Å²) in [6.45, 7) is 3.48. The Balaban J connectivity index is 2.44. The van der Waals surface area contributed by atoms with Gasteiger partial charge in [-0.3, -0.25) is 15.1 Å². The molecule has 2 aromatic rings. The van der Waals surface area contributed by atoms with Gasteiger partial charge >= 0.3 is 0 Å². The molecule has 0 aliphatic rings. The third kappa shape index (κ3) is 3.09. The second kappa shape index (κ2) is 5.77. The Labute approximate surface area is 125 Å². The Bertz CT molecular complexity index is 769. The minimum atomic E-state index is -0.545. The molecule has 0 bridgehead atoms. The van der Waals surface area contributed by atoms with Gasteiger partial charge in [-0.25, -0.2) is 0 Å². The van der Waals surface area contributed by atoms with Gasteiger partial charge in [0.1, 0.15) is 23.1 Å². The molecule has 106 valence electrons. The molecule has 0 saturated heterocycles. The Morgan fingerprint density at radius 3 is 2.62 bits per heavy atom. The Morgan fingerprint density at radius 1 is 1.33 bits per heavy atom. The molecule has 2 rings (SSSR count). The fourth-order valence-corrected chi connectivity index (χ4v) is 2.03. The summed E-state index contributed by atoms with van der Waals surface area (Å²) in [5, 5.41) is 19.9. The van der Waals surface area contributed by atoms with Gasteiger partial charge in [0.25, 0.3) is 5.69 Å². The molecule has 6 nitrogen and oxygen atoms in total. The maximum Gasteiger partial charge on any atom is 0.271 e. The number of pyridine rings is 1. The molecule has 1 heterocycles. The predicted octanol–water partition coefficient (Wildman–Crippen LogP) is 3.92. The van der Waals surface area contributed by atoms with Crippen LogP contribution in [0.25, 0.3) is 0 Å². The van der Waals surface area contributed by atoms with Gasteiger partial charge in [-0.15, -0.1) is 0 Å². The highest BCUT2D eigenvalue weighted by Crippen LogP contribution is 2.34. The first kappa shape index (κ1) is 14.8. The lowest BCUT2D eigenvalue weighted by Crippen LogP contribution is -1.97. The highest BCUT2D eigenvalue weighted by Gasteiger charge is 2.14. The van der Waals surface area contributed by atoms with Crippen LogP contribution in [0.5, 0.6) is 11.5 Å². The quantitative estimate of drug-likeness (QED) is 0.633. The van der Waals surface area contributed by atoms with E-state index in [1.807, 2.05) is 6.07 Å². The van der Waals surface area contributed by atoms with Gasteiger partial charge in [-0.2, -0.15) is 5.26 Å². The minimum Gasteiger partial charge on any atom is -0.454 e. The summed E-state index contributed by atoms with van der Waals surface area (Å²) in [4.78, 5) is 14.3. The first-order valence-electron chi connectivity index (χ1n) is 5.92. The van der Waals surface area contributed by atoms with Crippen molar-refractivity contribution in [2.75, 3.05) is 0 Å². The highest BCUT2D eigenvalue weighted by molar-refractivity contribution is 6.32. The average molecular weight is 304 g/mol. The Morgan fingerprint density at radius 2 is 2.05 bits per heavy atom. The summed E-state index contributed by atoms with van der Waals surface area (Å²) in [5.41, 5.74) is 1.41. The second-order valence-corrected chi connectivity index (χ2v) is 4.72. The standard InChI is InChI=1S/C14H10ClN3O3/c1-8-5-14(11(7-16)9(2)17-8)21-13-4-3-10(18(19)20)6-12(13)15/h3-6H,1-2H3. The lowest BCUT2D eigenvalue weighted by atomic mass is 10.2. The zero-order valence-corrected chi connectivity index (χ0v) is 12.0. The van der Waals surface area contributed by atoms with E-state index in [1.54, 1.807) is 19.9 Å². The van der Waals surface area contributed by atoms with E-state index in [0.29, 0.717) is 22.7 Å². The molecule has 0 saturated carbocycles. The van der Waals surface area contributed by atoms with Crippen LogP contribution in [-0.2, 0) is 0 Å². The zero-order valence-electron chi connectivity index (χ0n) is 11.3. The van der Waals surface area contributed by atoms with Crippen molar-refractivity contribution in [1.29, 1.82) is 5.26 Å². The number of hydrogen-bond acceptors (Lipinski definition) is 5. The number of rotatable bonds is 3. The van der Waals surface area contributed by atoms with Gasteiger partial charge in [0.15, 0.2) is 0 Å². The van der Waals surface area contributed by atoms with Crippen molar-refractivity contribution < 1.29 is 9.66 Å². The van der Waals surface area contributed by atoms with Crippen LogP contribution < -0.4 is 4.74 Å². The number of nitrogens with zero attached hydrogens (tertiary/aromatic N) is 3. The van der Waals surface area contributed by atoms with E-state index in [1.165, 1.54) is 18.2 Å². The van der Waals surface area contributed by atoms with Crippen LogP contribution in [0.4, 0.5) is 5.69 Å². The maximum absolute atomic E-state index is 10.7. The van der Waals surface area contributed by atoms with E-state index in [4.69, 9.17) is 21.6 Å². The maximum atomic E-state index is 10.7. The number of ether oxygens (including phenoxy) is 1. The van der Waals surface area contributed by atoms with Crippen LogP contribution in [0, 0.1) is 35.3 Å². The average Bonchev–Trinajstić information content (AvgIpc) is 2.40. The van der Waals surface area contributed by atoms with Crippen LogP contribution in [0.15, 0.2) is 24.3 Å². The number of non-ortho nitro benzene ring substituents is 1. The van der Waals surface area contributed by atoms with E-state index >= 15 is 0 Å². The Hall–Kier alpha value is -2.65. The van der Waals surface area contributed by atoms with Gasteiger partial charge in [0.2, 0.25) is 0 Å². The summed E-state index contributed by atoms with van der Waals surface area (Å²) in [5.74, 6) is 0.557. The van der Waals surface area contributed by atoms with Crippen molar-refractivity contribution in [2.24, 2.45) is 0 Å². The van der Waals surface area contributed by atoms with Crippen molar-refractivity contribution in [3.63, 3.8) is 0 Å². The normalized spacial score (nSPS) is 10.0. The van der Waals surface area contributed by atoms with E-state index in [2.05, 4.69) is 4.98 Å². The molecule has 7 heteroatoms. The fourth-order valence-electron chi connectivity index (χ4n) is 1.81. The van der Waals surface area contributed by atoms with Gasteiger partial charge in [-0.1, -0.05) is 11.6 Å². The molecule has 0 radical (unpaired) electrons. The van der Waals surface area contributed by atoms with E-state index in [-0.39, 0.29) is 16.5 Å². The number of nitro benzene ring substituents is 1. The van der Waals surface area contributed by atoms with E-state index in [9.17, 15) is 10.1 Å². The molecular weight excluding hydrogens is 294 g/mol. The highest BCUT2D eigenvalue weighted by atomic mass is 35.5. The van der Waals surface area contributed by atoms with Crippen LogP contribution >= 0.6 is 11.6 Å². The lowest BCUT2D eigenvalue weighted by molar-refractivity contribution is -0.384. The number of nitriles is 1. The number of nitro groups is 1. The molecule has 0 spiro atoms. The van der Waals surface area contributed by atoms with E-state index in [0.717, 1.165) is 0 Å². The summed E-state index contributed by atoms with van der Waals surface area (Å²) < 4.78 is 5.61. The minimum absolute atomic E-state index is 0.0974. The van der Waals surface area contributed by atoms with Crippen molar-refractivity contribution in [3.05, 3.63) is 56.4 Å². The van der Waals surface area contributed by atoms with Gasteiger partial charge < -0.3 is 4.74 Å². The third-order valence-corrected chi connectivity index (χ3v) is 3.05.